The minimum absolute atomic E-state index is 0.164. The number of benzene rings is 1. The number of hydrogen-bond acceptors (Lipinski definition) is 3. The summed E-state index contributed by atoms with van der Waals surface area (Å²) < 4.78 is 0. The molecule has 0 saturated heterocycles. The van der Waals surface area contributed by atoms with Crippen molar-refractivity contribution in [3.63, 3.8) is 0 Å². The van der Waals surface area contributed by atoms with Crippen molar-refractivity contribution >= 4 is 5.57 Å². The fourth-order valence-electron chi connectivity index (χ4n) is 4.33. The SMILES string of the molecule is CCCCC12CCC(N=O)C(C)=C1c1ccc(O)cc1C2. The Kier molecular flexibility index (Phi) is 3.60. The van der Waals surface area contributed by atoms with Gasteiger partial charge in [-0.2, -0.15) is 4.91 Å². The normalized spacial score (nSPS) is 27.4. The van der Waals surface area contributed by atoms with Gasteiger partial charge in [0.25, 0.3) is 0 Å². The summed E-state index contributed by atoms with van der Waals surface area (Å²) in [6.07, 6.45) is 6.45. The minimum Gasteiger partial charge on any atom is -0.508 e. The number of nitroso groups, excluding NO2 is 1. The fraction of sp³-hybridized carbons (Fsp3) is 0.556. The van der Waals surface area contributed by atoms with E-state index in [1.165, 1.54) is 29.5 Å². The van der Waals surface area contributed by atoms with Crippen LogP contribution >= 0.6 is 0 Å². The number of fused-ring (bicyclic) bond motifs is 3. The number of hydrogen-bond donors (Lipinski definition) is 1. The van der Waals surface area contributed by atoms with Crippen LogP contribution < -0.4 is 0 Å². The Hall–Kier alpha value is -1.64. The maximum Gasteiger partial charge on any atom is 0.115 e. The second-order valence-electron chi connectivity index (χ2n) is 6.62. The molecule has 2 aliphatic carbocycles. The topological polar surface area (TPSA) is 49.7 Å². The molecule has 0 bridgehead atoms. The number of phenolic OH excluding ortho intramolecular Hbond substituents is 1. The van der Waals surface area contributed by atoms with E-state index in [2.05, 4.69) is 19.0 Å². The molecule has 112 valence electrons. The summed E-state index contributed by atoms with van der Waals surface area (Å²) in [5.74, 6) is 0.335. The van der Waals surface area contributed by atoms with Gasteiger partial charge in [0.2, 0.25) is 0 Å². The Labute approximate surface area is 126 Å². The average Bonchev–Trinajstić information content (AvgIpc) is 2.80. The van der Waals surface area contributed by atoms with Crippen molar-refractivity contribution in [1.82, 2.24) is 0 Å². The molecule has 0 amide bonds. The molecule has 0 heterocycles. The first-order chi connectivity index (χ1) is 10.1. The molecular weight excluding hydrogens is 262 g/mol. The summed E-state index contributed by atoms with van der Waals surface area (Å²) in [4.78, 5) is 11.1. The fourth-order valence-corrected chi connectivity index (χ4v) is 4.33. The standard InChI is InChI=1S/C18H23NO2/c1-3-4-8-18-9-7-16(19-21)12(2)17(18)15-6-5-14(20)10-13(15)11-18/h5-6,10,16,20H,3-4,7-9,11H2,1-2H3. The third kappa shape index (κ3) is 2.19. The molecule has 0 radical (unpaired) electrons. The van der Waals surface area contributed by atoms with Gasteiger partial charge in [-0.1, -0.05) is 31.0 Å². The lowest BCUT2D eigenvalue weighted by atomic mass is 9.66. The molecule has 1 N–H and O–H groups in total. The molecule has 0 aliphatic heterocycles. The number of nitrogens with zero attached hydrogens (tertiary/aromatic N) is 1. The van der Waals surface area contributed by atoms with Crippen LogP contribution in [0.2, 0.25) is 0 Å². The van der Waals surface area contributed by atoms with Crippen LogP contribution in [0.15, 0.2) is 28.9 Å². The van der Waals surface area contributed by atoms with Crippen LogP contribution in [-0.2, 0) is 6.42 Å². The molecule has 2 aliphatic rings. The summed E-state index contributed by atoms with van der Waals surface area (Å²) in [5.41, 5.74) is 5.12. The summed E-state index contributed by atoms with van der Waals surface area (Å²) >= 11 is 0. The first-order valence-corrected chi connectivity index (χ1v) is 7.97. The van der Waals surface area contributed by atoms with Crippen molar-refractivity contribution in [2.45, 2.75) is 58.4 Å². The summed E-state index contributed by atoms with van der Waals surface area (Å²) in [5, 5.41) is 13.1. The van der Waals surface area contributed by atoms with Crippen LogP contribution in [0.4, 0.5) is 0 Å². The van der Waals surface area contributed by atoms with Crippen LogP contribution in [0, 0.1) is 10.3 Å². The Morgan fingerprint density at radius 3 is 2.95 bits per heavy atom. The monoisotopic (exact) mass is 285 g/mol. The molecule has 0 saturated carbocycles. The Morgan fingerprint density at radius 2 is 2.24 bits per heavy atom. The predicted molar refractivity (Wildman–Crippen MR) is 85.2 cm³/mol. The highest BCUT2D eigenvalue weighted by atomic mass is 16.3. The van der Waals surface area contributed by atoms with Gasteiger partial charge in [-0.25, -0.2) is 0 Å². The van der Waals surface area contributed by atoms with Crippen LogP contribution in [0.25, 0.3) is 5.57 Å². The molecule has 3 rings (SSSR count). The second kappa shape index (κ2) is 5.28. The molecule has 2 atom stereocenters. The van der Waals surface area contributed by atoms with E-state index in [-0.39, 0.29) is 11.5 Å². The third-order valence-electron chi connectivity index (χ3n) is 5.34. The lowest BCUT2D eigenvalue weighted by Crippen LogP contribution is -2.29. The highest BCUT2D eigenvalue weighted by Crippen LogP contribution is 2.57. The number of phenols is 1. The maximum absolute atomic E-state index is 11.1. The lowest BCUT2D eigenvalue weighted by molar-refractivity contribution is 0.306. The summed E-state index contributed by atoms with van der Waals surface area (Å²) in [6, 6.07) is 5.50. The van der Waals surface area contributed by atoms with Crippen molar-refractivity contribution in [3.8, 4) is 5.75 Å². The summed E-state index contributed by atoms with van der Waals surface area (Å²) in [6.45, 7) is 4.29. The third-order valence-corrected chi connectivity index (χ3v) is 5.34. The molecule has 3 heteroatoms. The summed E-state index contributed by atoms with van der Waals surface area (Å²) in [7, 11) is 0. The van der Waals surface area contributed by atoms with Crippen LogP contribution in [-0.4, -0.2) is 11.1 Å². The molecule has 0 spiro atoms. The van der Waals surface area contributed by atoms with E-state index >= 15 is 0 Å². The highest BCUT2D eigenvalue weighted by Gasteiger charge is 2.46. The van der Waals surface area contributed by atoms with Crippen molar-refractivity contribution in [2.24, 2.45) is 10.6 Å². The van der Waals surface area contributed by atoms with Gasteiger partial charge < -0.3 is 5.11 Å². The molecule has 21 heavy (non-hydrogen) atoms. The van der Waals surface area contributed by atoms with Crippen molar-refractivity contribution in [2.75, 3.05) is 0 Å². The molecule has 0 fully saturated rings. The van der Waals surface area contributed by atoms with Gasteiger partial charge >= 0.3 is 0 Å². The molecular formula is C18H23NO2. The lowest BCUT2D eigenvalue weighted by Gasteiger charge is -2.38. The quantitative estimate of drug-likeness (QED) is 0.806. The Morgan fingerprint density at radius 1 is 1.43 bits per heavy atom. The van der Waals surface area contributed by atoms with E-state index in [4.69, 9.17) is 0 Å². The van der Waals surface area contributed by atoms with E-state index in [1.54, 1.807) is 6.07 Å². The average molecular weight is 285 g/mol. The highest BCUT2D eigenvalue weighted by molar-refractivity contribution is 5.81. The van der Waals surface area contributed by atoms with Gasteiger partial charge in [0, 0.05) is 5.41 Å². The number of rotatable bonds is 4. The van der Waals surface area contributed by atoms with Crippen molar-refractivity contribution in [1.29, 1.82) is 0 Å². The van der Waals surface area contributed by atoms with Crippen LogP contribution in [0.5, 0.6) is 5.75 Å². The molecule has 1 aromatic carbocycles. The van der Waals surface area contributed by atoms with Gasteiger partial charge in [0.05, 0.1) is 0 Å². The van der Waals surface area contributed by atoms with Gasteiger partial charge in [-0.3, -0.25) is 0 Å². The second-order valence-corrected chi connectivity index (χ2v) is 6.62. The van der Waals surface area contributed by atoms with E-state index in [0.29, 0.717) is 5.75 Å². The molecule has 3 nitrogen and oxygen atoms in total. The Bertz CT molecular complexity index is 605. The largest absolute Gasteiger partial charge is 0.508 e. The van der Waals surface area contributed by atoms with Gasteiger partial charge in [0.15, 0.2) is 0 Å². The zero-order chi connectivity index (χ0) is 15.0. The van der Waals surface area contributed by atoms with E-state index in [1.807, 2.05) is 12.1 Å². The smallest absolute Gasteiger partial charge is 0.115 e. The first-order valence-electron chi connectivity index (χ1n) is 7.97. The van der Waals surface area contributed by atoms with Gasteiger partial charge in [-0.15, -0.1) is 0 Å². The number of aromatic hydroxyl groups is 1. The van der Waals surface area contributed by atoms with Crippen molar-refractivity contribution in [3.05, 3.63) is 39.8 Å². The molecule has 1 aromatic rings. The first kappa shape index (κ1) is 14.3. The maximum atomic E-state index is 11.1. The zero-order valence-corrected chi connectivity index (χ0v) is 12.9. The minimum atomic E-state index is -0.172. The van der Waals surface area contributed by atoms with Gasteiger partial charge in [-0.05, 0) is 67.0 Å². The van der Waals surface area contributed by atoms with E-state index in [9.17, 15) is 10.0 Å². The zero-order valence-electron chi connectivity index (χ0n) is 12.9. The van der Waals surface area contributed by atoms with E-state index in [0.717, 1.165) is 31.3 Å². The predicted octanol–water partition coefficient (Wildman–Crippen LogP) is 4.83. The van der Waals surface area contributed by atoms with Crippen LogP contribution in [0.3, 0.4) is 0 Å². The van der Waals surface area contributed by atoms with E-state index < -0.39 is 0 Å². The number of unbranched alkanes of at least 4 members (excludes halogenated alkanes) is 1. The Balaban J connectivity index is 2.13. The molecule has 0 aromatic heterocycles. The van der Waals surface area contributed by atoms with Crippen molar-refractivity contribution < 1.29 is 5.11 Å². The molecule has 2 unspecified atom stereocenters. The van der Waals surface area contributed by atoms with Gasteiger partial charge in [0.1, 0.15) is 11.8 Å². The number of allylic oxidation sites excluding steroid dienone is 1. The van der Waals surface area contributed by atoms with Crippen LogP contribution in [0.1, 0.15) is 57.1 Å².